The number of hydrogen-bond donors (Lipinski definition) is 2. The number of nitrogens with zero attached hydrogens (tertiary/aromatic N) is 1. The number of carbonyl (C=O) groups is 1. The van der Waals surface area contributed by atoms with Crippen LogP contribution in [-0.2, 0) is 4.74 Å². The zero-order valence-corrected chi connectivity index (χ0v) is 14.9. The molecule has 0 saturated carbocycles. The van der Waals surface area contributed by atoms with E-state index in [1.165, 1.54) is 0 Å². The SMILES string of the molecule is CC(C)(C)OC(=O)Nc1cccc(N2CCNCC2)c1.Cl.Cl. The van der Waals surface area contributed by atoms with Crippen LogP contribution in [-0.4, -0.2) is 37.9 Å². The second-order valence-electron chi connectivity index (χ2n) is 5.91. The van der Waals surface area contributed by atoms with Crippen molar-refractivity contribution in [3.8, 4) is 0 Å². The number of hydrogen-bond acceptors (Lipinski definition) is 4. The van der Waals surface area contributed by atoms with E-state index in [1.807, 2.05) is 39.0 Å². The third-order valence-corrected chi connectivity index (χ3v) is 2.97. The van der Waals surface area contributed by atoms with Crippen LogP contribution in [0.1, 0.15) is 20.8 Å². The highest BCUT2D eigenvalue weighted by Gasteiger charge is 2.16. The van der Waals surface area contributed by atoms with Crippen molar-refractivity contribution >= 4 is 42.3 Å². The van der Waals surface area contributed by atoms with Gasteiger partial charge in [-0.3, -0.25) is 5.32 Å². The molecule has 2 rings (SSSR count). The molecule has 0 aromatic heterocycles. The molecule has 1 aliphatic heterocycles. The zero-order valence-electron chi connectivity index (χ0n) is 13.2. The van der Waals surface area contributed by atoms with Crippen molar-refractivity contribution in [3.63, 3.8) is 0 Å². The first kappa shape index (κ1) is 20.8. The molecule has 0 spiro atoms. The highest BCUT2D eigenvalue weighted by atomic mass is 35.5. The van der Waals surface area contributed by atoms with Gasteiger partial charge in [-0.25, -0.2) is 4.79 Å². The van der Waals surface area contributed by atoms with Crippen molar-refractivity contribution in [1.29, 1.82) is 0 Å². The molecule has 0 bridgehead atoms. The number of benzene rings is 1. The van der Waals surface area contributed by atoms with Crippen LogP contribution in [0.2, 0.25) is 0 Å². The van der Waals surface area contributed by atoms with Crippen LogP contribution in [0, 0.1) is 0 Å². The van der Waals surface area contributed by atoms with Gasteiger partial charge in [0.1, 0.15) is 5.60 Å². The molecule has 0 atom stereocenters. The normalized spacial score (nSPS) is 14.4. The number of piperazine rings is 1. The van der Waals surface area contributed by atoms with Crippen LogP contribution in [0.3, 0.4) is 0 Å². The van der Waals surface area contributed by atoms with Crippen LogP contribution in [0.5, 0.6) is 0 Å². The molecule has 2 N–H and O–H groups in total. The Hall–Kier alpha value is -1.17. The van der Waals surface area contributed by atoms with Crippen molar-refractivity contribution in [1.82, 2.24) is 5.32 Å². The van der Waals surface area contributed by atoms with Gasteiger partial charge in [0, 0.05) is 37.6 Å². The number of ether oxygens (including phenoxy) is 1. The Morgan fingerprint density at radius 2 is 1.86 bits per heavy atom. The average Bonchev–Trinajstić information content (AvgIpc) is 2.38. The fourth-order valence-corrected chi connectivity index (χ4v) is 2.12. The summed E-state index contributed by atoms with van der Waals surface area (Å²) in [6.45, 7) is 9.50. The Balaban J connectivity index is 0.00000220. The van der Waals surface area contributed by atoms with E-state index in [1.54, 1.807) is 0 Å². The summed E-state index contributed by atoms with van der Waals surface area (Å²) in [6, 6.07) is 7.86. The Kier molecular flexibility index (Phi) is 8.60. The molecular weight excluding hydrogens is 325 g/mol. The van der Waals surface area contributed by atoms with Crippen molar-refractivity contribution in [2.45, 2.75) is 26.4 Å². The molecule has 1 saturated heterocycles. The highest BCUT2D eigenvalue weighted by molar-refractivity contribution is 5.86. The minimum Gasteiger partial charge on any atom is -0.444 e. The second kappa shape index (κ2) is 9.08. The molecule has 22 heavy (non-hydrogen) atoms. The summed E-state index contributed by atoms with van der Waals surface area (Å²) in [6.07, 6.45) is -0.421. The number of halogens is 2. The molecule has 5 nitrogen and oxygen atoms in total. The van der Waals surface area contributed by atoms with E-state index >= 15 is 0 Å². The minimum absolute atomic E-state index is 0. The maximum Gasteiger partial charge on any atom is 0.412 e. The number of rotatable bonds is 2. The van der Waals surface area contributed by atoms with Gasteiger partial charge >= 0.3 is 6.09 Å². The minimum atomic E-state index is -0.486. The summed E-state index contributed by atoms with van der Waals surface area (Å²) in [4.78, 5) is 14.1. The van der Waals surface area contributed by atoms with Crippen LogP contribution >= 0.6 is 24.8 Å². The van der Waals surface area contributed by atoms with Crippen molar-refractivity contribution < 1.29 is 9.53 Å². The van der Waals surface area contributed by atoms with Crippen LogP contribution in [0.15, 0.2) is 24.3 Å². The lowest BCUT2D eigenvalue weighted by Crippen LogP contribution is -2.43. The summed E-state index contributed by atoms with van der Waals surface area (Å²) in [7, 11) is 0. The fourth-order valence-electron chi connectivity index (χ4n) is 2.12. The van der Waals surface area contributed by atoms with Gasteiger partial charge in [-0.05, 0) is 39.0 Å². The average molecular weight is 350 g/mol. The van der Waals surface area contributed by atoms with Crippen LogP contribution in [0.4, 0.5) is 16.2 Å². The van der Waals surface area contributed by atoms with Gasteiger partial charge in [-0.15, -0.1) is 24.8 Å². The lowest BCUT2D eigenvalue weighted by molar-refractivity contribution is 0.0636. The van der Waals surface area contributed by atoms with Gasteiger partial charge < -0.3 is 15.0 Å². The van der Waals surface area contributed by atoms with E-state index in [2.05, 4.69) is 21.6 Å². The van der Waals surface area contributed by atoms with Crippen molar-refractivity contribution in [2.75, 3.05) is 36.4 Å². The van der Waals surface area contributed by atoms with E-state index in [-0.39, 0.29) is 24.8 Å². The fraction of sp³-hybridized carbons (Fsp3) is 0.533. The van der Waals surface area contributed by atoms with Gasteiger partial charge in [0.15, 0.2) is 0 Å². The highest BCUT2D eigenvalue weighted by Crippen LogP contribution is 2.20. The number of nitrogens with one attached hydrogen (secondary N) is 2. The third-order valence-electron chi connectivity index (χ3n) is 2.97. The molecule has 1 amide bonds. The predicted octanol–water partition coefficient (Wildman–Crippen LogP) is 3.29. The molecule has 0 unspecified atom stereocenters. The van der Waals surface area contributed by atoms with Gasteiger partial charge in [-0.1, -0.05) is 6.07 Å². The quantitative estimate of drug-likeness (QED) is 0.860. The predicted molar refractivity (Wildman–Crippen MR) is 95.9 cm³/mol. The van der Waals surface area contributed by atoms with Crippen LogP contribution in [0.25, 0.3) is 0 Å². The van der Waals surface area contributed by atoms with Crippen molar-refractivity contribution in [3.05, 3.63) is 24.3 Å². The molecule has 126 valence electrons. The molecule has 0 aliphatic carbocycles. The summed E-state index contributed by atoms with van der Waals surface area (Å²) in [5.41, 5.74) is 1.40. The summed E-state index contributed by atoms with van der Waals surface area (Å²) < 4.78 is 5.25. The monoisotopic (exact) mass is 349 g/mol. The van der Waals surface area contributed by atoms with Gasteiger partial charge in [0.2, 0.25) is 0 Å². The maximum atomic E-state index is 11.8. The largest absolute Gasteiger partial charge is 0.444 e. The summed E-state index contributed by atoms with van der Waals surface area (Å²) in [5.74, 6) is 0. The lowest BCUT2D eigenvalue weighted by atomic mass is 10.2. The smallest absolute Gasteiger partial charge is 0.412 e. The standard InChI is InChI=1S/C15H23N3O2.2ClH/c1-15(2,3)20-14(19)17-12-5-4-6-13(11-12)18-9-7-16-8-10-18;;/h4-6,11,16H,7-10H2,1-3H3,(H,17,19);2*1H. The topological polar surface area (TPSA) is 53.6 Å². The van der Waals surface area contributed by atoms with E-state index in [9.17, 15) is 4.79 Å². The summed E-state index contributed by atoms with van der Waals surface area (Å²) in [5, 5.41) is 6.10. The van der Waals surface area contributed by atoms with E-state index in [0.29, 0.717) is 0 Å². The van der Waals surface area contributed by atoms with Gasteiger partial charge in [0.25, 0.3) is 0 Å². The molecule has 1 heterocycles. The molecular formula is C15H25Cl2N3O2. The number of amides is 1. The molecule has 7 heteroatoms. The Morgan fingerprint density at radius 3 is 2.45 bits per heavy atom. The first-order valence-electron chi connectivity index (χ1n) is 7.00. The second-order valence-corrected chi connectivity index (χ2v) is 5.91. The molecule has 1 fully saturated rings. The number of carbonyl (C=O) groups excluding carboxylic acids is 1. The summed E-state index contributed by atoms with van der Waals surface area (Å²) >= 11 is 0. The van der Waals surface area contributed by atoms with Gasteiger partial charge in [-0.2, -0.15) is 0 Å². The molecule has 1 aromatic rings. The Labute approximate surface area is 144 Å². The Morgan fingerprint density at radius 1 is 1.23 bits per heavy atom. The molecule has 1 aromatic carbocycles. The van der Waals surface area contributed by atoms with E-state index in [0.717, 1.165) is 37.6 Å². The van der Waals surface area contributed by atoms with E-state index in [4.69, 9.17) is 4.74 Å². The number of anilines is 2. The van der Waals surface area contributed by atoms with Crippen molar-refractivity contribution in [2.24, 2.45) is 0 Å². The molecule has 1 aliphatic rings. The maximum absolute atomic E-state index is 11.8. The Bertz CT molecular complexity index is 472. The molecule has 0 radical (unpaired) electrons. The van der Waals surface area contributed by atoms with Crippen LogP contribution < -0.4 is 15.5 Å². The van der Waals surface area contributed by atoms with Gasteiger partial charge in [0.05, 0.1) is 0 Å². The lowest BCUT2D eigenvalue weighted by Gasteiger charge is -2.29. The first-order valence-corrected chi connectivity index (χ1v) is 7.00. The van der Waals surface area contributed by atoms with E-state index < -0.39 is 11.7 Å². The first-order chi connectivity index (χ1) is 9.44. The zero-order chi connectivity index (χ0) is 14.6. The third kappa shape index (κ3) is 6.73.